The Morgan fingerprint density at radius 1 is 1.03 bits per heavy atom. The molecule has 178 valence electrons. The summed E-state index contributed by atoms with van der Waals surface area (Å²) in [5.41, 5.74) is 1.52. The van der Waals surface area contributed by atoms with Crippen molar-refractivity contribution in [3.05, 3.63) is 112 Å². The maximum Gasteiger partial charge on any atom is 0.379 e. The number of para-hydroxylation sites is 1. The van der Waals surface area contributed by atoms with E-state index in [0.717, 1.165) is 0 Å². The van der Waals surface area contributed by atoms with Crippen molar-refractivity contribution in [3.8, 4) is 22.9 Å². The Morgan fingerprint density at radius 2 is 1.83 bits per heavy atom. The van der Waals surface area contributed by atoms with Gasteiger partial charge in [0.2, 0.25) is 5.76 Å². The molecule has 36 heavy (non-hydrogen) atoms. The van der Waals surface area contributed by atoms with E-state index in [0.29, 0.717) is 38.6 Å². The first kappa shape index (κ1) is 23.1. The molecular weight excluding hydrogens is 482 g/mol. The second kappa shape index (κ2) is 9.89. The highest BCUT2D eigenvalue weighted by Crippen LogP contribution is 2.28. The SMILES string of the molecule is COc1cc(C=Nn2c(-c3ccc(Cl)cc3)nc3ccccc3c2=O)ccc1OC(=O)c1ccco1. The number of ether oxygens (including phenoxy) is 2. The second-order valence-corrected chi connectivity index (χ2v) is 8.03. The summed E-state index contributed by atoms with van der Waals surface area (Å²) in [6.45, 7) is 0. The van der Waals surface area contributed by atoms with Gasteiger partial charge in [-0.2, -0.15) is 9.78 Å². The van der Waals surface area contributed by atoms with Gasteiger partial charge in [0.15, 0.2) is 17.3 Å². The predicted octanol–water partition coefficient (Wildman–Crippen LogP) is 5.42. The molecule has 0 amide bonds. The number of benzene rings is 3. The van der Waals surface area contributed by atoms with Crippen LogP contribution < -0.4 is 15.0 Å². The molecule has 0 atom stereocenters. The molecule has 2 heterocycles. The molecule has 0 aliphatic rings. The zero-order chi connectivity index (χ0) is 25.1. The average Bonchev–Trinajstić information content (AvgIpc) is 3.45. The molecule has 0 aliphatic carbocycles. The number of nitrogens with zero attached hydrogens (tertiary/aromatic N) is 3. The molecule has 0 saturated heterocycles. The molecule has 8 nitrogen and oxygen atoms in total. The topological polar surface area (TPSA) is 95.9 Å². The standard InChI is InChI=1S/C27H18ClN3O5/c1-34-24-15-17(8-13-22(24)36-27(33)23-7-4-14-35-23)16-29-31-25(18-9-11-19(28)12-10-18)30-21-6-3-2-5-20(21)26(31)32/h2-16H,1H3. The number of fused-ring (bicyclic) bond motifs is 1. The van der Waals surface area contributed by atoms with Crippen molar-refractivity contribution in [2.45, 2.75) is 0 Å². The Kier molecular flexibility index (Phi) is 6.34. The van der Waals surface area contributed by atoms with Gasteiger partial charge in [0, 0.05) is 10.6 Å². The number of hydrogen-bond acceptors (Lipinski definition) is 7. The molecule has 0 spiro atoms. The number of carbonyl (C=O) groups is 1. The first-order chi connectivity index (χ1) is 17.5. The lowest BCUT2D eigenvalue weighted by atomic mass is 10.2. The van der Waals surface area contributed by atoms with Gasteiger partial charge >= 0.3 is 5.97 Å². The van der Waals surface area contributed by atoms with Crippen LogP contribution in [-0.4, -0.2) is 29.0 Å². The Balaban J connectivity index is 1.53. The minimum Gasteiger partial charge on any atom is -0.493 e. The number of esters is 1. The highest BCUT2D eigenvalue weighted by atomic mass is 35.5. The fraction of sp³-hybridized carbons (Fsp3) is 0.0370. The molecule has 0 radical (unpaired) electrons. The monoisotopic (exact) mass is 499 g/mol. The summed E-state index contributed by atoms with van der Waals surface area (Å²) >= 11 is 6.04. The molecule has 0 bridgehead atoms. The minimum atomic E-state index is -0.652. The van der Waals surface area contributed by atoms with Gasteiger partial charge in [-0.15, -0.1) is 0 Å². The molecule has 2 aromatic heterocycles. The van der Waals surface area contributed by atoms with E-state index >= 15 is 0 Å². The van der Waals surface area contributed by atoms with Crippen molar-refractivity contribution < 1.29 is 18.7 Å². The van der Waals surface area contributed by atoms with Crippen molar-refractivity contribution in [1.29, 1.82) is 0 Å². The zero-order valence-corrected chi connectivity index (χ0v) is 19.7. The number of aromatic nitrogens is 2. The van der Waals surface area contributed by atoms with E-state index in [1.807, 2.05) is 6.07 Å². The molecular formula is C27H18ClN3O5. The first-order valence-electron chi connectivity index (χ1n) is 10.8. The lowest BCUT2D eigenvalue weighted by Gasteiger charge is -2.10. The molecule has 5 rings (SSSR count). The summed E-state index contributed by atoms with van der Waals surface area (Å²) in [7, 11) is 1.46. The van der Waals surface area contributed by atoms with Crippen molar-refractivity contribution in [2.24, 2.45) is 5.10 Å². The summed E-state index contributed by atoms with van der Waals surface area (Å²) in [5, 5.41) is 5.44. The molecule has 0 aliphatic heterocycles. The summed E-state index contributed by atoms with van der Waals surface area (Å²) in [4.78, 5) is 30.2. The molecule has 0 fully saturated rings. The van der Waals surface area contributed by atoms with Crippen molar-refractivity contribution >= 4 is 34.7 Å². The van der Waals surface area contributed by atoms with E-state index in [1.165, 1.54) is 30.3 Å². The summed E-state index contributed by atoms with van der Waals surface area (Å²) in [6.07, 6.45) is 2.88. The van der Waals surface area contributed by atoms with Gasteiger partial charge in [0.1, 0.15) is 0 Å². The Hall–Kier alpha value is -4.69. The van der Waals surface area contributed by atoms with E-state index in [1.54, 1.807) is 66.7 Å². The highest BCUT2D eigenvalue weighted by molar-refractivity contribution is 6.30. The number of hydrogen-bond donors (Lipinski definition) is 0. The van der Waals surface area contributed by atoms with Gasteiger partial charge in [-0.1, -0.05) is 23.7 Å². The Bertz CT molecular complexity index is 1640. The quantitative estimate of drug-likeness (QED) is 0.176. The summed E-state index contributed by atoms with van der Waals surface area (Å²) < 4.78 is 17.1. The van der Waals surface area contributed by atoms with Crippen molar-refractivity contribution in [2.75, 3.05) is 7.11 Å². The molecule has 0 unspecified atom stereocenters. The maximum absolute atomic E-state index is 13.3. The predicted molar refractivity (Wildman–Crippen MR) is 136 cm³/mol. The normalized spacial score (nSPS) is 11.2. The average molecular weight is 500 g/mol. The van der Waals surface area contributed by atoms with E-state index in [4.69, 9.17) is 25.5 Å². The van der Waals surface area contributed by atoms with Gasteiger partial charge in [0.05, 0.1) is 30.5 Å². The van der Waals surface area contributed by atoms with E-state index < -0.39 is 5.97 Å². The Labute approximate surface area is 210 Å². The van der Waals surface area contributed by atoms with Gasteiger partial charge in [0.25, 0.3) is 5.56 Å². The van der Waals surface area contributed by atoms with Crippen LogP contribution in [-0.2, 0) is 0 Å². The summed E-state index contributed by atoms with van der Waals surface area (Å²) in [5.74, 6) is 0.299. The number of carbonyl (C=O) groups excluding carboxylic acids is 1. The largest absolute Gasteiger partial charge is 0.493 e. The second-order valence-electron chi connectivity index (χ2n) is 7.60. The third kappa shape index (κ3) is 4.62. The van der Waals surface area contributed by atoms with Gasteiger partial charge < -0.3 is 13.9 Å². The minimum absolute atomic E-state index is 0.0700. The van der Waals surface area contributed by atoms with Crippen LogP contribution in [0.5, 0.6) is 11.5 Å². The summed E-state index contributed by atoms with van der Waals surface area (Å²) in [6, 6.07) is 22.0. The van der Waals surface area contributed by atoms with Crippen LogP contribution in [0.4, 0.5) is 0 Å². The number of rotatable bonds is 6. The van der Waals surface area contributed by atoms with Crippen LogP contribution in [0.3, 0.4) is 0 Å². The van der Waals surface area contributed by atoms with Gasteiger partial charge in [-0.25, -0.2) is 9.78 Å². The number of halogens is 1. The van der Waals surface area contributed by atoms with E-state index in [2.05, 4.69) is 10.1 Å². The van der Waals surface area contributed by atoms with Gasteiger partial charge in [-0.3, -0.25) is 4.79 Å². The number of methoxy groups -OCH3 is 1. The molecule has 0 N–H and O–H groups in total. The lowest BCUT2D eigenvalue weighted by molar-refractivity contribution is 0.0696. The third-order valence-corrected chi connectivity index (χ3v) is 5.54. The lowest BCUT2D eigenvalue weighted by Crippen LogP contribution is -2.20. The fourth-order valence-corrected chi connectivity index (χ4v) is 3.66. The molecule has 3 aromatic carbocycles. The molecule has 0 saturated carbocycles. The smallest absolute Gasteiger partial charge is 0.379 e. The molecule has 5 aromatic rings. The van der Waals surface area contributed by atoms with Crippen LogP contribution in [0.1, 0.15) is 16.1 Å². The molecule has 9 heteroatoms. The van der Waals surface area contributed by atoms with Crippen LogP contribution in [0.25, 0.3) is 22.3 Å². The van der Waals surface area contributed by atoms with Gasteiger partial charge in [-0.05, 0) is 72.3 Å². The highest BCUT2D eigenvalue weighted by Gasteiger charge is 2.16. The maximum atomic E-state index is 13.3. The van der Waals surface area contributed by atoms with Crippen LogP contribution in [0.2, 0.25) is 5.02 Å². The third-order valence-electron chi connectivity index (χ3n) is 5.29. The van der Waals surface area contributed by atoms with Crippen LogP contribution >= 0.6 is 11.6 Å². The first-order valence-corrected chi connectivity index (χ1v) is 11.2. The van der Waals surface area contributed by atoms with Crippen molar-refractivity contribution in [3.63, 3.8) is 0 Å². The van der Waals surface area contributed by atoms with Crippen LogP contribution in [0.15, 0.2) is 99.4 Å². The van der Waals surface area contributed by atoms with E-state index in [9.17, 15) is 9.59 Å². The number of furan rings is 1. The zero-order valence-electron chi connectivity index (χ0n) is 18.9. The van der Waals surface area contributed by atoms with E-state index in [-0.39, 0.29) is 17.1 Å². The Morgan fingerprint density at radius 3 is 2.58 bits per heavy atom. The fourth-order valence-electron chi connectivity index (χ4n) is 3.53. The van der Waals surface area contributed by atoms with Crippen LogP contribution in [0, 0.1) is 0 Å². The van der Waals surface area contributed by atoms with Crippen molar-refractivity contribution in [1.82, 2.24) is 9.66 Å².